The number of hydrogen-bond donors (Lipinski definition) is 2. The second-order valence-electron chi connectivity index (χ2n) is 0.283. The van der Waals surface area contributed by atoms with E-state index in [2.05, 4.69) is 0 Å². The van der Waals surface area contributed by atoms with E-state index in [1.807, 2.05) is 0 Å². The Bertz CT molecular complexity index is 46.8. The molecule has 46 valence electrons. The van der Waals surface area contributed by atoms with E-state index in [1.54, 1.807) is 0 Å². The van der Waals surface area contributed by atoms with Crippen molar-refractivity contribution in [3.05, 3.63) is 0 Å². The van der Waals surface area contributed by atoms with Crippen LogP contribution in [0.15, 0.2) is 0 Å². The summed E-state index contributed by atoms with van der Waals surface area (Å²) in [6, 6.07) is 0. The van der Waals surface area contributed by atoms with Crippen LogP contribution in [0, 0.1) is 0 Å². The molecule has 9 heavy (non-hydrogen) atoms. The summed E-state index contributed by atoms with van der Waals surface area (Å²) < 4.78 is 8.74. The molecule has 3 nitrogen and oxygen atoms in total. The van der Waals surface area contributed by atoms with Crippen LogP contribution in [0.2, 0.25) is 0 Å². The molecule has 0 heterocycles. The first kappa shape index (κ1) is 38.1. The van der Waals surface area contributed by atoms with Crippen LogP contribution >= 0.6 is 0 Å². The summed E-state index contributed by atoms with van der Waals surface area (Å²) in [6.07, 6.45) is 0. The molecule has 0 aromatic carbocycles. The molecular weight excluding hydrogens is 245 g/mol. The van der Waals surface area contributed by atoms with Crippen molar-refractivity contribution in [3.63, 3.8) is 0 Å². The summed E-state index contributed by atoms with van der Waals surface area (Å²) in [5, 5.41) is 0. The van der Waals surface area contributed by atoms with E-state index in [-0.39, 0.29) is 138 Å². The van der Waals surface area contributed by atoms with Gasteiger partial charge in [0.15, 0.2) is 17.4 Å². The molecule has 0 aromatic rings. The van der Waals surface area contributed by atoms with E-state index in [0.717, 1.165) is 0 Å². The molecule has 0 aliphatic carbocycles. The quantitative estimate of drug-likeness (QED) is 0.426. The average molecular weight is 254 g/mol. The Morgan fingerprint density at radius 2 is 1.22 bits per heavy atom. The fourth-order valence-corrected chi connectivity index (χ4v) is 0. The maximum absolute atomic E-state index is 8.74. The predicted octanol–water partition coefficient (Wildman–Crippen LogP) is -5.01. The van der Waals surface area contributed by atoms with Crippen molar-refractivity contribution in [2.75, 3.05) is 0 Å². The minimum absolute atomic E-state index is 0. The molecular formula is H9AlFeKMgNaO3Si. The molecule has 0 radical (unpaired) electrons. The maximum atomic E-state index is 8.74. The van der Waals surface area contributed by atoms with Gasteiger partial charge in [-0.1, -0.05) is 0 Å². The predicted molar refractivity (Wildman–Crippen MR) is 43.7 cm³/mol. The summed E-state index contributed by atoms with van der Waals surface area (Å²) in [5.74, 6) is 0. The van der Waals surface area contributed by atoms with Gasteiger partial charge >= 0.3 is 113 Å². The van der Waals surface area contributed by atoms with Gasteiger partial charge in [0.05, 0.1) is 0 Å². The molecule has 0 spiro atoms. The standard InChI is InChI=1S/Al.Fe.K.Mg.Na.H2O3Si.7H/c;;;;;1-4(2)3;;;;;;;/h;;;;;1-2H;;;;;;;. The van der Waals surface area contributed by atoms with Gasteiger partial charge < -0.3 is 9.59 Å². The molecule has 0 unspecified atom stereocenters. The minimum atomic E-state index is -3.13. The van der Waals surface area contributed by atoms with Crippen molar-refractivity contribution in [2.45, 2.75) is 0 Å². The zero-order valence-corrected chi connectivity index (χ0v) is 4.26. The zero-order valence-electron chi connectivity index (χ0n) is 2.16. The van der Waals surface area contributed by atoms with E-state index in [4.69, 9.17) is 14.1 Å². The summed E-state index contributed by atoms with van der Waals surface area (Å²) in [4.78, 5) is 14.3. The van der Waals surface area contributed by atoms with Crippen LogP contribution in [0.3, 0.4) is 0 Å². The van der Waals surface area contributed by atoms with Crippen LogP contribution in [0.1, 0.15) is 0 Å². The SMILES string of the molecule is O=[Si](O)O.[AlH3].[Fe].[KH].[MgH2].[NaH]. The average Bonchev–Trinajstić information content (AvgIpc) is 0.811. The van der Waals surface area contributed by atoms with Gasteiger partial charge in [-0.15, -0.1) is 0 Å². The molecule has 9 heteroatoms. The van der Waals surface area contributed by atoms with Gasteiger partial charge in [-0.05, 0) is 0 Å². The van der Waals surface area contributed by atoms with Crippen LogP contribution in [-0.2, 0) is 21.5 Å². The van der Waals surface area contributed by atoms with Gasteiger partial charge in [0.1, 0.15) is 0 Å². The summed E-state index contributed by atoms with van der Waals surface area (Å²) in [5.41, 5.74) is 0. The topological polar surface area (TPSA) is 57.5 Å². The first-order valence-corrected chi connectivity index (χ1v) is 1.95. The van der Waals surface area contributed by atoms with Crippen LogP contribution in [0.5, 0.6) is 0 Å². The number of hydrogen-bond acceptors (Lipinski definition) is 1. The first-order chi connectivity index (χ1) is 1.73. The fraction of sp³-hybridized carbons (Fsp3) is 0. The van der Waals surface area contributed by atoms with E-state index in [0.29, 0.717) is 0 Å². The summed E-state index contributed by atoms with van der Waals surface area (Å²) in [6.45, 7) is 0. The van der Waals surface area contributed by atoms with E-state index >= 15 is 0 Å². The van der Waals surface area contributed by atoms with Gasteiger partial charge in [0.25, 0.3) is 0 Å². The Kier molecular flexibility index (Phi) is 125. The van der Waals surface area contributed by atoms with Crippen molar-refractivity contribution in [1.29, 1.82) is 0 Å². The van der Waals surface area contributed by atoms with Crippen LogP contribution in [0.25, 0.3) is 0 Å². The second kappa shape index (κ2) is 29.6. The third kappa shape index (κ3) is 73.9. The molecule has 0 atom stereocenters. The summed E-state index contributed by atoms with van der Waals surface area (Å²) in [7, 11) is -3.13. The molecule has 0 saturated heterocycles. The molecule has 2 N–H and O–H groups in total. The Balaban J connectivity index is -0.00000000450. The summed E-state index contributed by atoms with van der Waals surface area (Å²) >= 11 is 0. The van der Waals surface area contributed by atoms with Crippen molar-refractivity contribution in [3.8, 4) is 0 Å². The van der Waals surface area contributed by atoms with Gasteiger partial charge in [0.2, 0.25) is 0 Å². The van der Waals surface area contributed by atoms with Crippen molar-refractivity contribution < 1.29 is 31.1 Å². The third-order valence-corrected chi connectivity index (χ3v) is 0. The van der Waals surface area contributed by atoms with Crippen molar-refractivity contribution >= 4 is 131 Å². The third-order valence-electron chi connectivity index (χ3n) is 0. The van der Waals surface area contributed by atoms with E-state index in [9.17, 15) is 0 Å². The molecule has 0 rings (SSSR count). The van der Waals surface area contributed by atoms with Crippen LogP contribution < -0.4 is 0 Å². The van der Waals surface area contributed by atoms with Gasteiger partial charge in [0, 0.05) is 17.1 Å². The van der Waals surface area contributed by atoms with Gasteiger partial charge in [-0.3, -0.25) is 4.46 Å². The molecule has 0 aliphatic rings. The van der Waals surface area contributed by atoms with Crippen molar-refractivity contribution in [2.24, 2.45) is 0 Å². The molecule has 0 fully saturated rings. The molecule has 0 bridgehead atoms. The van der Waals surface area contributed by atoms with Gasteiger partial charge in [-0.2, -0.15) is 0 Å². The zero-order chi connectivity index (χ0) is 3.58. The fourth-order valence-electron chi connectivity index (χ4n) is 0. The second-order valence-corrected chi connectivity index (χ2v) is 0.848. The monoisotopic (exact) mass is 254 g/mol. The molecule has 0 aromatic heterocycles. The van der Waals surface area contributed by atoms with Crippen molar-refractivity contribution in [1.82, 2.24) is 0 Å². The molecule has 0 aliphatic heterocycles. The molecule has 0 saturated carbocycles. The Hall–Kier alpha value is 4.07. The van der Waals surface area contributed by atoms with Crippen LogP contribution in [-0.4, -0.2) is 140 Å². The molecule has 0 amide bonds. The Labute approximate surface area is 157 Å². The Morgan fingerprint density at radius 1 is 1.22 bits per heavy atom. The Morgan fingerprint density at radius 3 is 1.22 bits per heavy atom. The van der Waals surface area contributed by atoms with E-state index in [1.165, 1.54) is 0 Å². The van der Waals surface area contributed by atoms with Gasteiger partial charge in [-0.25, -0.2) is 0 Å². The number of rotatable bonds is 0. The van der Waals surface area contributed by atoms with E-state index < -0.39 is 9.17 Å². The first-order valence-electron chi connectivity index (χ1n) is 0.651. The van der Waals surface area contributed by atoms with Crippen LogP contribution in [0.4, 0.5) is 0 Å². The normalized spacial score (nSPS) is 2.67.